The van der Waals surface area contributed by atoms with Crippen LogP contribution in [0.4, 0.5) is 11.4 Å². The molecule has 1 aliphatic rings. The maximum absolute atomic E-state index is 12.3. The van der Waals surface area contributed by atoms with Crippen LogP contribution in [0.25, 0.3) is 0 Å². The molecule has 0 bridgehead atoms. The minimum Gasteiger partial charge on any atom is -0.383 e. The summed E-state index contributed by atoms with van der Waals surface area (Å²) in [6.07, 6.45) is 1.19. The van der Waals surface area contributed by atoms with E-state index in [0.717, 1.165) is 6.07 Å². The van der Waals surface area contributed by atoms with Crippen molar-refractivity contribution in [3.8, 4) is 0 Å². The van der Waals surface area contributed by atoms with E-state index in [9.17, 15) is 18.5 Å². The van der Waals surface area contributed by atoms with Crippen molar-refractivity contribution in [3.63, 3.8) is 0 Å². The van der Waals surface area contributed by atoms with Gasteiger partial charge in [0.25, 0.3) is 5.69 Å². The van der Waals surface area contributed by atoms with Crippen LogP contribution >= 0.6 is 0 Å². The lowest BCUT2D eigenvalue weighted by Crippen LogP contribution is -2.38. The van der Waals surface area contributed by atoms with E-state index >= 15 is 0 Å². The number of hydrogen-bond acceptors (Lipinski definition) is 6. The van der Waals surface area contributed by atoms with Crippen molar-refractivity contribution in [1.29, 1.82) is 0 Å². The van der Waals surface area contributed by atoms with Crippen molar-refractivity contribution in [3.05, 3.63) is 28.3 Å². The quantitative estimate of drug-likeness (QED) is 0.621. The first-order valence-corrected chi connectivity index (χ1v) is 7.98. The van der Waals surface area contributed by atoms with Gasteiger partial charge >= 0.3 is 0 Å². The number of rotatable bonds is 5. The zero-order valence-corrected chi connectivity index (χ0v) is 12.4. The Morgan fingerprint density at radius 1 is 1.33 bits per heavy atom. The van der Waals surface area contributed by atoms with Gasteiger partial charge in [0.1, 0.15) is 5.69 Å². The molecule has 2 N–H and O–H groups in total. The van der Waals surface area contributed by atoms with Crippen molar-refractivity contribution in [2.45, 2.75) is 23.8 Å². The molecular weight excluding hydrogens is 298 g/mol. The number of nitro benzene ring substituents is 1. The average molecular weight is 315 g/mol. The van der Waals surface area contributed by atoms with Gasteiger partial charge in [-0.05, 0) is 25.0 Å². The highest BCUT2D eigenvalue weighted by molar-refractivity contribution is 7.89. The molecule has 2 rings (SSSR count). The van der Waals surface area contributed by atoms with Crippen LogP contribution in [0.3, 0.4) is 0 Å². The molecule has 1 saturated heterocycles. The third kappa shape index (κ3) is 3.69. The number of benzene rings is 1. The summed E-state index contributed by atoms with van der Waals surface area (Å²) in [7, 11) is -2.24. The maximum atomic E-state index is 12.3. The van der Waals surface area contributed by atoms with Crippen LogP contribution < -0.4 is 10.0 Å². The molecule has 9 heteroatoms. The minimum absolute atomic E-state index is 0.111. The molecule has 116 valence electrons. The van der Waals surface area contributed by atoms with E-state index in [0.29, 0.717) is 26.1 Å². The molecule has 0 unspecified atom stereocenters. The fraction of sp³-hybridized carbons (Fsp3) is 0.500. The lowest BCUT2D eigenvalue weighted by Gasteiger charge is -2.22. The van der Waals surface area contributed by atoms with Gasteiger partial charge in [-0.2, -0.15) is 0 Å². The van der Waals surface area contributed by atoms with Crippen LogP contribution in [0.5, 0.6) is 0 Å². The van der Waals surface area contributed by atoms with Crippen molar-refractivity contribution in [2.24, 2.45) is 0 Å². The fourth-order valence-corrected chi connectivity index (χ4v) is 3.47. The summed E-state index contributed by atoms with van der Waals surface area (Å²) in [5, 5.41) is 13.6. The molecule has 1 aliphatic heterocycles. The van der Waals surface area contributed by atoms with Crippen LogP contribution in [0.1, 0.15) is 12.8 Å². The summed E-state index contributed by atoms with van der Waals surface area (Å²) in [5.74, 6) is 0. The second kappa shape index (κ2) is 6.37. The summed E-state index contributed by atoms with van der Waals surface area (Å²) >= 11 is 0. The highest BCUT2D eigenvalue weighted by Crippen LogP contribution is 2.27. The topological polar surface area (TPSA) is 111 Å². The standard InChI is InChI=1S/C12H17N3O5S/c1-13-11-3-2-10(8-12(11)15(16)17)21(18,19)14-9-4-6-20-7-5-9/h2-3,8-9,13-14H,4-7H2,1H3. The molecule has 0 saturated carbocycles. The number of hydrogen-bond donors (Lipinski definition) is 2. The Hall–Kier alpha value is -1.71. The molecule has 1 heterocycles. The Bertz CT molecular complexity index is 626. The Morgan fingerprint density at radius 3 is 2.57 bits per heavy atom. The number of sulfonamides is 1. The van der Waals surface area contributed by atoms with E-state index < -0.39 is 14.9 Å². The van der Waals surface area contributed by atoms with Crippen molar-refractivity contribution in [2.75, 3.05) is 25.6 Å². The molecule has 0 aliphatic carbocycles. The van der Waals surface area contributed by atoms with E-state index in [1.165, 1.54) is 19.2 Å². The second-order valence-corrected chi connectivity index (χ2v) is 6.41. The third-order valence-corrected chi connectivity index (χ3v) is 4.81. The summed E-state index contributed by atoms with van der Waals surface area (Å²) in [6.45, 7) is 1.01. The van der Waals surface area contributed by atoms with E-state index in [1.54, 1.807) is 0 Å². The number of ether oxygens (including phenoxy) is 1. The number of nitro groups is 1. The van der Waals surface area contributed by atoms with Crippen molar-refractivity contribution in [1.82, 2.24) is 4.72 Å². The molecule has 1 aromatic rings. The largest absolute Gasteiger partial charge is 0.383 e. The number of anilines is 1. The highest BCUT2D eigenvalue weighted by Gasteiger charge is 2.25. The Kier molecular flexibility index (Phi) is 4.76. The van der Waals surface area contributed by atoms with Gasteiger partial charge in [0.15, 0.2) is 0 Å². The molecule has 8 nitrogen and oxygen atoms in total. The zero-order chi connectivity index (χ0) is 15.5. The zero-order valence-electron chi connectivity index (χ0n) is 11.5. The lowest BCUT2D eigenvalue weighted by atomic mass is 10.1. The second-order valence-electron chi connectivity index (χ2n) is 4.69. The molecule has 0 radical (unpaired) electrons. The molecule has 1 aromatic carbocycles. The van der Waals surface area contributed by atoms with Gasteiger partial charge in [0.2, 0.25) is 10.0 Å². The van der Waals surface area contributed by atoms with E-state index in [2.05, 4.69) is 10.0 Å². The first kappa shape index (κ1) is 15.7. The molecule has 21 heavy (non-hydrogen) atoms. The Morgan fingerprint density at radius 2 is 2.00 bits per heavy atom. The maximum Gasteiger partial charge on any atom is 0.293 e. The SMILES string of the molecule is CNc1ccc(S(=O)(=O)NC2CCOCC2)cc1[N+](=O)[O-]. The predicted octanol–water partition coefficient (Wildman–Crippen LogP) is 1.09. The fourth-order valence-electron chi connectivity index (χ4n) is 2.14. The van der Waals surface area contributed by atoms with Crippen LogP contribution in [0.2, 0.25) is 0 Å². The predicted molar refractivity (Wildman–Crippen MR) is 76.8 cm³/mol. The number of nitrogens with one attached hydrogen (secondary N) is 2. The third-order valence-electron chi connectivity index (χ3n) is 3.29. The van der Waals surface area contributed by atoms with Gasteiger partial charge in [0.05, 0.1) is 9.82 Å². The molecular formula is C12H17N3O5S. The first-order valence-electron chi connectivity index (χ1n) is 6.50. The summed E-state index contributed by atoms with van der Waals surface area (Å²) < 4.78 is 32.3. The van der Waals surface area contributed by atoms with Gasteiger partial charge in [0, 0.05) is 32.4 Å². The van der Waals surface area contributed by atoms with Crippen LogP contribution in [-0.2, 0) is 14.8 Å². The van der Waals surface area contributed by atoms with Gasteiger partial charge in [-0.3, -0.25) is 10.1 Å². The first-order chi connectivity index (χ1) is 9.94. The van der Waals surface area contributed by atoms with Gasteiger partial charge in [-0.25, -0.2) is 13.1 Å². The van der Waals surface area contributed by atoms with E-state index in [1.807, 2.05) is 0 Å². The van der Waals surface area contributed by atoms with Crippen LogP contribution in [0.15, 0.2) is 23.1 Å². The average Bonchev–Trinajstić information content (AvgIpc) is 2.47. The molecule has 1 fully saturated rings. The molecule has 0 spiro atoms. The van der Waals surface area contributed by atoms with E-state index in [4.69, 9.17) is 4.74 Å². The van der Waals surface area contributed by atoms with Crippen molar-refractivity contribution < 1.29 is 18.1 Å². The minimum atomic E-state index is -3.78. The van der Waals surface area contributed by atoms with Crippen molar-refractivity contribution >= 4 is 21.4 Å². The Labute approximate surface area is 122 Å². The normalized spacial score (nSPS) is 16.6. The summed E-state index contributed by atoms with van der Waals surface area (Å²) in [4.78, 5) is 10.3. The van der Waals surface area contributed by atoms with Crippen LogP contribution in [-0.4, -0.2) is 39.6 Å². The van der Waals surface area contributed by atoms with Gasteiger partial charge in [-0.1, -0.05) is 0 Å². The molecule has 0 aromatic heterocycles. The van der Waals surface area contributed by atoms with Gasteiger partial charge < -0.3 is 10.1 Å². The van der Waals surface area contributed by atoms with Gasteiger partial charge in [-0.15, -0.1) is 0 Å². The highest BCUT2D eigenvalue weighted by atomic mass is 32.2. The summed E-state index contributed by atoms with van der Waals surface area (Å²) in [5.41, 5.74) is -0.00244. The summed E-state index contributed by atoms with van der Waals surface area (Å²) in [6, 6.07) is 3.59. The lowest BCUT2D eigenvalue weighted by molar-refractivity contribution is -0.384. The Balaban J connectivity index is 2.27. The molecule has 0 atom stereocenters. The van der Waals surface area contributed by atoms with Crippen LogP contribution in [0, 0.1) is 10.1 Å². The monoisotopic (exact) mass is 315 g/mol. The molecule has 0 amide bonds. The number of nitrogens with zero attached hydrogens (tertiary/aromatic N) is 1. The van der Waals surface area contributed by atoms with E-state index in [-0.39, 0.29) is 22.3 Å². The smallest absolute Gasteiger partial charge is 0.293 e.